The van der Waals surface area contributed by atoms with Crippen molar-refractivity contribution in [1.29, 1.82) is 0 Å². The fourth-order valence-electron chi connectivity index (χ4n) is 2.68. The second-order valence-corrected chi connectivity index (χ2v) is 4.89. The summed E-state index contributed by atoms with van der Waals surface area (Å²) in [5.74, 6) is 2.10. The molecule has 1 aromatic rings. The van der Waals surface area contributed by atoms with Gasteiger partial charge in [-0.25, -0.2) is 0 Å². The Balaban J connectivity index is 1.88. The molecule has 2 aliphatic heterocycles. The quantitative estimate of drug-likeness (QED) is 0.781. The summed E-state index contributed by atoms with van der Waals surface area (Å²) in [5, 5.41) is 0. The zero-order valence-electron chi connectivity index (χ0n) is 10.1. The standard InChI is InChI=1S/C13H18N2O2/c1-15-7-10(11(14)8-15)9-2-3-12-13(6-9)17-5-4-16-12/h2-3,6,10-11H,4-5,7-8,14H2,1H3. The van der Waals surface area contributed by atoms with Crippen molar-refractivity contribution in [3.8, 4) is 11.5 Å². The number of nitrogens with two attached hydrogens (primary N) is 1. The molecule has 0 saturated carbocycles. The zero-order chi connectivity index (χ0) is 11.8. The number of nitrogens with zero attached hydrogens (tertiary/aromatic N) is 1. The van der Waals surface area contributed by atoms with Gasteiger partial charge in [0, 0.05) is 25.0 Å². The largest absolute Gasteiger partial charge is 0.486 e. The fraction of sp³-hybridized carbons (Fsp3) is 0.538. The SMILES string of the molecule is CN1CC(N)C(c2ccc3c(c2)OCCO3)C1. The Bertz CT molecular complexity index is 422. The van der Waals surface area contributed by atoms with E-state index in [1.54, 1.807) is 0 Å². The van der Waals surface area contributed by atoms with Gasteiger partial charge in [-0.15, -0.1) is 0 Å². The molecule has 2 atom stereocenters. The van der Waals surface area contributed by atoms with Crippen molar-refractivity contribution < 1.29 is 9.47 Å². The first-order valence-corrected chi connectivity index (χ1v) is 6.08. The Kier molecular flexibility index (Phi) is 2.68. The zero-order valence-corrected chi connectivity index (χ0v) is 10.1. The van der Waals surface area contributed by atoms with Crippen LogP contribution in [-0.4, -0.2) is 44.3 Å². The number of hydrogen-bond acceptors (Lipinski definition) is 4. The highest BCUT2D eigenvalue weighted by atomic mass is 16.6. The lowest BCUT2D eigenvalue weighted by molar-refractivity contribution is 0.171. The molecule has 1 saturated heterocycles. The summed E-state index contributed by atoms with van der Waals surface area (Å²) in [6, 6.07) is 6.40. The van der Waals surface area contributed by atoms with Gasteiger partial charge in [-0.1, -0.05) is 6.07 Å². The van der Waals surface area contributed by atoms with Crippen LogP contribution in [0.4, 0.5) is 0 Å². The second kappa shape index (κ2) is 4.20. The van der Waals surface area contributed by atoms with Crippen molar-refractivity contribution in [2.75, 3.05) is 33.4 Å². The average Bonchev–Trinajstić information content (AvgIpc) is 2.68. The maximum absolute atomic E-state index is 6.16. The van der Waals surface area contributed by atoms with Crippen molar-refractivity contribution in [2.45, 2.75) is 12.0 Å². The third kappa shape index (κ3) is 1.98. The first-order valence-electron chi connectivity index (χ1n) is 6.08. The molecule has 2 heterocycles. The lowest BCUT2D eigenvalue weighted by Gasteiger charge is -2.21. The molecule has 0 radical (unpaired) electrons. The van der Waals surface area contributed by atoms with E-state index in [-0.39, 0.29) is 6.04 Å². The first kappa shape index (κ1) is 10.9. The summed E-state index contributed by atoms with van der Waals surface area (Å²) in [6.45, 7) is 3.24. The Labute approximate surface area is 101 Å². The molecule has 3 rings (SSSR count). The van der Waals surface area contributed by atoms with Crippen molar-refractivity contribution in [3.63, 3.8) is 0 Å². The van der Waals surface area contributed by atoms with E-state index in [0.29, 0.717) is 19.1 Å². The summed E-state index contributed by atoms with van der Waals surface area (Å²) in [6.07, 6.45) is 0. The maximum Gasteiger partial charge on any atom is 0.161 e. The van der Waals surface area contributed by atoms with Crippen LogP contribution in [0.2, 0.25) is 0 Å². The summed E-state index contributed by atoms with van der Waals surface area (Å²) >= 11 is 0. The molecule has 17 heavy (non-hydrogen) atoms. The maximum atomic E-state index is 6.16. The predicted molar refractivity (Wildman–Crippen MR) is 65.6 cm³/mol. The lowest BCUT2D eigenvalue weighted by Crippen LogP contribution is -2.28. The van der Waals surface area contributed by atoms with Crippen LogP contribution in [0.3, 0.4) is 0 Å². The molecular formula is C13H18N2O2. The Morgan fingerprint density at radius 2 is 1.94 bits per heavy atom. The number of likely N-dealkylation sites (N-methyl/N-ethyl adjacent to an activating group) is 1. The lowest BCUT2D eigenvalue weighted by atomic mass is 9.94. The molecule has 0 amide bonds. The monoisotopic (exact) mass is 234 g/mol. The number of benzene rings is 1. The van der Waals surface area contributed by atoms with Gasteiger partial charge in [-0.2, -0.15) is 0 Å². The summed E-state index contributed by atoms with van der Waals surface area (Å²) in [4.78, 5) is 2.27. The van der Waals surface area contributed by atoms with Crippen LogP contribution in [-0.2, 0) is 0 Å². The van der Waals surface area contributed by atoms with Gasteiger partial charge in [0.15, 0.2) is 11.5 Å². The van der Waals surface area contributed by atoms with E-state index in [0.717, 1.165) is 24.6 Å². The molecule has 4 nitrogen and oxygen atoms in total. The minimum Gasteiger partial charge on any atom is -0.486 e. The van der Waals surface area contributed by atoms with Crippen molar-refractivity contribution in [3.05, 3.63) is 23.8 Å². The molecule has 92 valence electrons. The van der Waals surface area contributed by atoms with Gasteiger partial charge in [0.25, 0.3) is 0 Å². The molecule has 1 aromatic carbocycles. The normalized spacial score (nSPS) is 28.4. The van der Waals surface area contributed by atoms with E-state index in [1.165, 1.54) is 5.56 Å². The topological polar surface area (TPSA) is 47.7 Å². The predicted octanol–water partition coefficient (Wildman–Crippen LogP) is 0.814. The summed E-state index contributed by atoms with van der Waals surface area (Å²) < 4.78 is 11.1. The minimum absolute atomic E-state index is 0.211. The average molecular weight is 234 g/mol. The van der Waals surface area contributed by atoms with Crippen LogP contribution in [0.15, 0.2) is 18.2 Å². The molecule has 1 fully saturated rings. The third-order valence-corrected chi connectivity index (χ3v) is 3.54. The van der Waals surface area contributed by atoms with E-state index in [4.69, 9.17) is 15.2 Å². The van der Waals surface area contributed by atoms with E-state index < -0.39 is 0 Å². The molecule has 0 spiro atoms. The number of rotatable bonds is 1. The van der Waals surface area contributed by atoms with E-state index in [1.807, 2.05) is 6.07 Å². The highest BCUT2D eigenvalue weighted by molar-refractivity contribution is 5.45. The van der Waals surface area contributed by atoms with Crippen molar-refractivity contribution in [1.82, 2.24) is 4.90 Å². The molecule has 2 aliphatic rings. The van der Waals surface area contributed by atoms with E-state index in [2.05, 4.69) is 24.1 Å². The molecule has 0 bridgehead atoms. The Morgan fingerprint density at radius 1 is 1.18 bits per heavy atom. The van der Waals surface area contributed by atoms with Crippen LogP contribution < -0.4 is 15.2 Å². The molecule has 2 unspecified atom stereocenters. The van der Waals surface area contributed by atoms with Gasteiger partial charge in [-0.3, -0.25) is 0 Å². The molecule has 4 heteroatoms. The van der Waals surface area contributed by atoms with Crippen LogP contribution in [0.1, 0.15) is 11.5 Å². The number of likely N-dealkylation sites (tertiary alicyclic amines) is 1. The smallest absolute Gasteiger partial charge is 0.161 e. The van der Waals surface area contributed by atoms with Gasteiger partial charge >= 0.3 is 0 Å². The van der Waals surface area contributed by atoms with Gasteiger partial charge in [0.2, 0.25) is 0 Å². The van der Waals surface area contributed by atoms with Crippen LogP contribution in [0, 0.1) is 0 Å². The second-order valence-electron chi connectivity index (χ2n) is 4.89. The van der Waals surface area contributed by atoms with Gasteiger partial charge in [0.1, 0.15) is 13.2 Å². The summed E-state index contributed by atoms with van der Waals surface area (Å²) in [5.41, 5.74) is 7.42. The molecular weight excluding hydrogens is 216 g/mol. The van der Waals surface area contributed by atoms with Gasteiger partial charge < -0.3 is 20.1 Å². The van der Waals surface area contributed by atoms with Crippen molar-refractivity contribution in [2.24, 2.45) is 5.73 Å². The van der Waals surface area contributed by atoms with Crippen LogP contribution >= 0.6 is 0 Å². The number of ether oxygens (including phenoxy) is 2. The number of fused-ring (bicyclic) bond motifs is 1. The highest BCUT2D eigenvalue weighted by Gasteiger charge is 2.29. The van der Waals surface area contributed by atoms with E-state index in [9.17, 15) is 0 Å². The molecule has 0 aromatic heterocycles. The van der Waals surface area contributed by atoms with Crippen molar-refractivity contribution >= 4 is 0 Å². The van der Waals surface area contributed by atoms with Gasteiger partial charge in [-0.05, 0) is 24.7 Å². The Hall–Kier alpha value is -1.26. The van der Waals surface area contributed by atoms with Crippen LogP contribution in [0.25, 0.3) is 0 Å². The third-order valence-electron chi connectivity index (χ3n) is 3.54. The highest BCUT2D eigenvalue weighted by Crippen LogP contribution is 2.35. The van der Waals surface area contributed by atoms with Gasteiger partial charge in [0.05, 0.1) is 0 Å². The number of hydrogen-bond donors (Lipinski definition) is 1. The minimum atomic E-state index is 0.211. The Morgan fingerprint density at radius 3 is 2.65 bits per heavy atom. The summed E-state index contributed by atoms with van der Waals surface area (Å²) in [7, 11) is 2.11. The first-order chi connectivity index (χ1) is 8.24. The molecule has 2 N–H and O–H groups in total. The molecule has 0 aliphatic carbocycles. The fourth-order valence-corrected chi connectivity index (χ4v) is 2.68. The van der Waals surface area contributed by atoms with Crippen LogP contribution in [0.5, 0.6) is 11.5 Å². The van der Waals surface area contributed by atoms with E-state index >= 15 is 0 Å².